The average molecular weight is 337 g/mol. The first-order valence-corrected chi connectivity index (χ1v) is 8.23. The highest BCUT2D eigenvalue weighted by molar-refractivity contribution is 7.87. The summed E-state index contributed by atoms with van der Waals surface area (Å²) in [6.07, 6.45) is 6.58. The minimum Gasteiger partial charge on any atom is -0.384 e. The number of allylic oxidation sites excluding steroid dienone is 1. The molecule has 1 atom stereocenters. The summed E-state index contributed by atoms with van der Waals surface area (Å²) in [5, 5.41) is 0. The van der Waals surface area contributed by atoms with Crippen LogP contribution in [-0.4, -0.2) is 18.9 Å². The summed E-state index contributed by atoms with van der Waals surface area (Å²) in [7, 11) is -5.59. The quantitative estimate of drug-likeness (QED) is 0.411. The van der Waals surface area contributed by atoms with Crippen LogP contribution in [0.25, 0.3) is 0 Å². The molecule has 1 unspecified atom stereocenters. The molecule has 124 valence electrons. The Morgan fingerprint density at radius 3 is 2.64 bits per heavy atom. The van der Waals surface area contributed by atoms with Crippen LogP contribution in [0.15, 0.2) is 36.7 Å². The van der Waals surface area contributed by atoms with Crippen molar-refractivity contribution >= 4 is 10.1 Å². The van der Waals surface area contributed by atoms with Gasteiger partial charge in [0, 0.05) is 11.9 Å². The van der Waals surface area contributed by atoms with Crippen molar-refractivity contribution in [1.82, 2.24) is 4.98 Å². The summed E-state index contributed by atoms with van der Waals surface area (Å²) in [6, 6.07) is 5.38. The van der Waals surface area contributed by atoms with Gasteiger partial charge in [-0.25, -0.2) is 0 Å². The fourth-order valence-electron chi connectivity index (χ4n) is 1.79. The third-order valence-corrected chi connectivity index (χ3v) is 3.87. The molecule has 0 aliphatic rings. The molecule has 1 rings (SSSR count). The number of nitrogens with zero attached hydrogens (tertiary/aromatic N) is 1. The van der Waals surface area contributed by atoms with E-state index in [-0.39, 0.29) is 5.92 Å². The van der Waals surface area contributed by atoms with Crippen molar-refractivity contribution in [2.45, 2.75) is 38.1 Å². The highest BCUT2D eigenvalue weighted by Gasteiger charge is 2.47. The molecule has 0 radical (unpaired) electrons. The first kappa shape index (κ1) is 18.5. The van der Waals surface area contributed by atoms with Crippen molar-refractivity contribution in [3.05, 3.63) is 42.4 Å². The van der Waals surface area contributed by atoms with Gasteiger partial charge < -0.3 is 4.18 Å². The summed E-state index contributed by atoms with van der Waals surface area (Å²) >= 11 is 0. The van der Waals surface area contributed by atoms with Crippen LogP contribution in [0.4, 0.5) is 13.2 Å². The van der Waals surface area contributed by atoms with Crippen LogP contribution in [0.2, 0.25) is 0 Å². The number of hydrogen-bond acceptors (Lipinski definition) is 4. The Balaban J connectivity index is 2.71. The highest BCUT2D eigenvalue weighted by atomic mass is 32.2. The molecule has 1 aromatic rings. The van der Waals surface area contributed by atoms with E-state index in [2.05, 4.69) is 9.17 Å². The second-order valence-corrected chi connectivity index (χ2v) is 6.32. The van der Waals surface area contributed by atoms with Gasteiger partial charge in [0.15, 0.2) is 0 Å². The lowest BCUT2D eigenvalue weighted by atomic mass is 9.96. The molecule has 0 aliphatic carbocycles. The van der Waals surface area contributed by atoms with Gasteiger partial charge in [-0.1, -0.05) is 25.8 Å². The third-order valence-electron chi connectivity index (χ3n) is 2.94. The number of alkyl halides is 3. The van der Waals surface area contributed by atoms with Gasteiger partial charge in [0.25, 0.3) is 0 Å². The number of hydrogen-bond donors (Lipinski definition) is 0. The van der Waals surface area contributed by atoms with Crippen molar-refractivity contribution in [2.24, 2.45) is 5.92 Å². The maximum atomic E-state index is 12.2. The van der Waals surface area contributed by atoms with Crippen molar-refractivity contribution in [3.8, 4) is 0 Å². The van der Waals surface area contributed by atoms with E-state index < -0.39 is 15.6 Å². The summed E-state index contributed by atoms with van der Waals surface area (Å²) < 4.78 is 61.9. The lowest BCUT2D eigenvalue weighted by Gasteiger charge is -2.12. The number of rotatable bonds is 8. The van der Waals surface area contributed by atoms with Crippen LogP contribution < -0.4 is 0 Å². The van der Waals surface area contributed by atoms with E-state index in [4.69, 9.17) is 0 Å². The first-order chi connectivity index (χ1) is 10.3. The Labute approximate surface area is 128 Å². The zero-order chi connectivity index (χ0) is 16.6. The van der Waals surface area contributed by atoms with Crippen LogP contribution in [0.1, 0.15) is 31.9 Å². The van der Waals surface area contributed by atoms with Gasteiger partial charge in [-0.05, 0) is 37.0 Å². The number of unbranched alkanes of at least 4 members (excludes halogenated alkanes) is 1. The Morgan fingerprint density at radius 2 is 2.09 bits per heavy atom. The number of aromatic nitrogens is 1. The van der Waals surface area contributed by atoms with Crippen LogP contribution in [0.5, 0.6) is 0 Å². The molecular formula is C14H18F3NO3S. The molecule has 0 aliphatic heterocycles. The molecule has 0 fully saturated rings. The normalized spacial score (nSPS) is 14.2. The second-order valence-electron chi connectivity index (χ2n) is 4.75. The standard InChI is InChI=1S/C14H18F3NO3S/c1-2-3-6-12(11-13-7-4-5-9-18-13)8-10-21-22(19,20)14(15,16)17/h4-5,7-10,12H,2-3,6,11H2,1H3. The van der Waals surface area contributed by atoms with Crippen molar-refractivity contribution in [2.75, 3.05) is 0 Å². The van der Waals surface area contributed by atoms with Gasteiger partial charge in [-0.2, -0.15) is 21.6 Å². The van der Waals surface area contributed by atoms with Gasteiger partial charge >= 0.3 is 15.6 Å². The molecule has 22 heavy (non-hydrogen) atoms. The maximum Gasteiger partial charge on any atom is 0.534 e. The summed E-state index contributed by atoms with van der Waals surface area (Å²) in [5.74, 6) is -0.140. The van der Waals surface area contributed by atoms with E-state index in [9.17, 15) is 21.6 Å². The molecule has 0 N–H and O–H groups in total. The van der Waals surface area contributed by atoms with Crippen LogP contribution in [-0.2, 0) is 20.7 Å². The lowest BCUT2D eigenvalue weighted by Crippen LogP contribution is -2.23. The molecule has 0 aromatic carbocycles. The molecular weight excluding hydrogens is 319 g/mol. The summed E-state index contributed by atoms with van der Waals surface area (Å²) in [4.78, 5) is 4.15. The Hall–Kier alpha value is -1.57. The zero-order valence-corrected chi connectivity index (χ0v) is 12.9. The first-order valence-electron chi connectivity index (χ1n) is 6.82. The Bertz CT molecular complexity index is 571. The number of halogens is 3. The summed E-state index contributed by atoms with van der Waals surface area (Å²) in [6.45, 7) is 1.99. The van der Waals surface area contributed by atoms with Gasteiger partial charge in [-0.15, -0.1) is 0 Å². The Morgan fingerprint density at radius 1 is 1.36 bits per heavy atom. The van der Waals surface area contributed by atoms with E-state index >= 15 is 0 Å². The van der Waals surface area contributed by atoms with Gasteiger partial charge in [0.05, 0.1) is 0 Å². The minimum atomic E-state index is -5.59. The van der Waals surface area contributed by atoms with Crippen molar-refractivity contribution < 1.29 is 25.8 Å². The third kappa shape index (κ3) is 6.05. The molecule has 0 saturated heterocycles. The maximum absolute atomic E-state index is 12.2. The molecule has 0 saturated carbocycles. The second kappa shape index (κ2) is 8.17. The van der Waals surface area contributed by atoms with Crippen LogP contribution in [0, 0.1) is 5.92 Å². The topological polar surface area (TPSA) is 56.3 Å². The monoisotopic (exact) mass is 337 g/mol. The zero-order valence-electron chi connectivity index (χ0n) is 12.1. The molecule has 1 heterocycles. The van der Waals surface area contributed by atoms with E-state index in [0.29, 0.717) is 19.1 Å². The Kier molecular flexibility index (Phi) is 6.86. The van der Waals surface area contributed by atoms with Crippen molar-refractivity contribution in [3.63, 3.8) is 0 Å². The smallest absolute Gasteiger partial charge is 0.384 e. The summed E-state index contributed by atoms with van der Waals surface area (Å²) in [5.41, 5.74) is -4.64. The molecule has 0 bridgehead atoms. The highest BCUT2D eigenvalue weighted by Crippen LogP contribution is 2.25. The minimum absolute atomic E-state index is 0.140. The van der Waals surface area contributed by atoms with Crippen LogP contribution >= 0.6 is 0 Å². The SMILES string of the molecule is CCCCC(C=COS(=O)(=O)C(F)(F)F)Cc1ccccn1. The van der Waals surface area contributed by atoms with E-state index in [1.165, 1.54) is 6.08 Å². The molecule has 1 aromatic heterocycles. The van der Waals surface area contributed by atoms with E-state index in [1.54, 1.807) is 18.3 Å². The van der Waals surface area contributed by atoms with Gasteiger partial charge in [0.2, 0.25) is 0 Å². The molecule has 0 spiro atoms. The predicted molar refractivity (Wildman–Crippen MR) is 76.2 cm³/mol. The lowest BCUT2D eigenvalue weighted by molar-refractivity contribution is -0.0515. The fraction of sp³-hybridized carbons (Fsp3) is 0.500. The van der Waals surface area contributed by atoms with Gasteiger partial charge in [0.1, 0.15) is 6.26 Å². The van der Waals surface area contributed by atoms with E-state index in [1.807, 2.05) is 13.0 Å². The molecule has 0 amide bonds. The molecule has 4 nitrogen and oxygen atoms in total. The fourth-order valence-corrected chi connectivity index (χ4v) is 2.11. The van der Waals surface area contributed by atoms with Crippen LogP contribution in [0.3, 0.4) is 0 Å². The predicted octanol–water partition coefficient (Wildman–Crippen LogP) is 3.81. The largest absolute Gasteiger partial charge is 0.534 e. The van der Waals surface area contributed by atoms with Crippen molar-refractivity contribution in [1.29, 1.82) is 0 Å². The van der Waals surface area contributed by atoms with E-state index in [0.717, 1.165) is 18.5 Å². The van der Waals surface area contributed by atoms with Gasteiger partial charge in [-0.3, -0.25) is 4.98 Å². The average Bonchev–Trinajstić information content (AvgIpc) is 2.44. The number of pyridine rings is 1. The molecule has 8 heteroatoms.